The van der Waals surface area contributed by atoms with E-state index in [1.165, 1.54) is 4.90 Å². The molecule has 4 N–H and O–H groups in total. The van der Waals surface area contributed by atoms with E-state index in [1.807, 2.05) is 0 Å². The summed E-state index contributed by atoms with van der Waals surface area (Å²) in [5, 5.41) is 0. The quantitative estimate of drug-likeness (QED) is 0.621. The van der Waals surface area contributed by atoms with Gasteiger partial charge in [-0.1, -0.05) is 0 Å². The van der Waals surface area contributed by atoms with Gasteiger partial charge in [-0.2, -0.15) is 0 Å². The summed E-state index contributed by atoms with van der Waals surface area (Å²) < 4.78 is 10.7. The molecule has 0 aromatic heterocycles. The fourth-order valence-electron chi connectivity index (χ4n) is 3.03. The Kier molecular flexibility index (Phi) is 8.44. The Hall–Kier alpha value is -1.67. The summed E-state index contributed by atoms with van der Waals surface area (Å²) in [4.78, 5) is 38.5. The predicted molar refractivity (Wildman–Crippen MR) is 106 cm³/mol. The Morgan fingerprint density at radius 2 is 1.50 bits per heavy atom. The molecule has 28 heavy (non-hydrogen) atoms. The molecule has 1 aliphatic heterocycles. The summed E-state index contributed by atoms with van der Waals surface area (Å²) in [5.41, 5.74) is 10.7. The molecule has 1 aliphatic rings. The van der Waals surface area contributed by atoms with Crippen molar-refractivity contribution in [2.45, 2.75) is 103 Å². The van der Waals surface area contributed by atoms with E-state index in [0.29, 0.717) is 32.2 Å². The second-order valence-corrected chi connectivity index (χ2v) is 9.40. The van der Waals surface area contributed by atoms with Gasteiger partial charge in [0.15, 0.2) is 0 Å². The zero-order valence-corrected chi connectivity index (χ0v) is 18.1. The highest BCUT2D eigenvalue weighted by molar-refractivity contribution is 5.88. The first-order chi connectivity index (χ1) is 12.7. The zero-order chi connectivity index (χ0) is 21.7. The van der Waals surface area contributed by atoms with Crippen LogP contribution < -0.4 is 11.5 Å². The summed E-state index contributed by atoms with van der Waals surface area (Å²) in [7, 11) is 0. The number of esters is 2. The van der Waals surface area contributed by atoms with Crippen LogP contribution in [0.3, 0.4) is 0 Å². The molecule has 1 rings (SSSR count). The average Bonchev–Trinajstić information content (AvgIpc) is 3.00. The van der Waals surface area contributed by atoms with Crippen molar-refractivity contribution in [2.24, 2.45) is 11.5 Å². The summed E-state index contributed by atoms with van der Waals surface area (Å²) in [6, 6.07) is -2.07. The molecule has 3 atom stereocenters. The van der Waals surface area contributed by atoms with E-state index < -0.39 is 41.3 Å². The maximum absolute atomic E-state index is 12.7. The fraction of sp³-hybridized carbons (Fsp3) is 0.850. The van der Waals surface area contributed by atoms with Crippen LogP contribution in [0.5, 0.6) is 0 Å². The van der Waals surface area contributed by atoms with Crippen LogP contribution in [0.4, 0.5) is 0 Å². The van der Waals surface area contributed by atoms with Gasteiger partial charge in [-0.15, -0.1) is 0 Å². The molecule has 1 unspecified atom stereocenters. The zero-order valence-electron chi connectivity index (χ0n) is 18.1. The number of carbonyl (C=O) groups is 3. The van der Waals surface area contributed by atoms with Gasteiger partial charge in [0.2, 0.25) is 5.91 Å². The average molecular weight is 400 g/mol. The molecule has 0 spiro atoms. The minimum Gasteiger partial charge on any atom is -0.459 e. The third-order valence-corrected chi connectivity index (χ3v) is 4.27. The number of hydrogen-bond donors (Lipinski definition) is 2. The van der Waals surface area contributed by atoms with E-state index in [4.69, 9.17) is 20.9 Å². The van der Waals surface area contributed by atoms with E-state index in [0.717, 1.165) is 6.42 Å². The maximum Gasteiger partial charge on any atom is 0.329 e. The largest absolute Gasteiger partial charge is 0.459 e. The molecule has 0 aliphatic carbocycles. The molecule has 8 nitrogen and oxygen atoms in total. The van der Waals surface area contributed by atoms with Crippen LogP contribution in [0.2, 0.25) is 0 Å². The minimum atomic E-state index is -0.747. The van der Waals surface area contributed by atoms with Crippen LogP contribution in [0.1, 0.15) is 73.6 Å². The number of amides is 1. The summed E-state index contributed by atoms with van der Waals surface area (Å²) in [6.45, 7) is 11.2. The molecule has 1 heterocycles. The van der Waals surface area contributed by atoms with Crippen LogP contribution in [0.25, 0.3) is 0 Å². The van der Waals surface area contributed by atoms with Crippen LogP contribution in [0.15, 0.2) is 0 Å². The second-order valence-electron chi connectivity index (χ2n) is 9.40. The van der Waals surface area contributed by atoms with E-state index in [-0.39, 0.29) is 5.91 Å². The van der Waals surface area contributed by atoms with Gasteiger partial charge < -0.3 is 25.8 Å². The van der Waals surface area contributed by atoms with Crippen LogP contribution >= 0.6 is 0 Å². The van der Waals surface area contributed by atoms with E-state index in [2.05, 4.69) is 0 Å². The van der Waals surface area contributed by atoms with E-state index in [1.54, 1.807) is 41.5 Å². The molecule has 1 saturated heterocycles. The third-order valence-electron chi connectivity index (χ3n) is 4.27. The lowest BCUT2D eigenvalue weighted by molar-refractivity contribution is -0.163. The molecule has 8 heteroatoms. The highest BCUT2D eigenvalue weighted by atomic mass is 16.6. The molecule has 0 saturated carbocycles. The van der Waals surface area contributed by atoms with Crippen molar-refractivity contribution in [3.63, 3.8) is 0 Å². The fourth-order valence-corrected chi connectivity index (χ4v) is 3.03. The lowest BCUT2D eigenvalue weighted by atomic mass is 10.0. The van der Waals surface area contributed by atoms with Gasteiger partial charge in [-0.25, -0.2) is 4.79 Å². The van der Waals surface area contributed by atoms with Gasteiger partial charge in [0.05, 0.1) is 6.04 Å². The van der Waals surface area contributed by atoms with Gasteiger partial charge in [0, 0.05) is 6.54 Å². The third kappa shape index (κ3) is 8.14. The molecule has 0 radical (unpaired) electrons. The van der Waals surface area contributed by atoms with Crippen molar-refractivity contribution >= 4 is 17.8 Å². The Labute approximate surface area is 168 Å². The smallest absolute Gasteiger partial charge is 0.329 e. The van der Waals surface area contributed by atoms with E-state index >= 15 is 0 Å². The number of nitrogens with two attached hydrogens (primary N) is 2. The summed E-state index contributed by atoms with van der Waals surface area (Å²) in [5.74, 6) is -1.12. The Balaban J connectivity index is 2.51. The van der Waals surface area contributed by atoms with E-state index in [9.17, 15) is 14.4 Å². The second kappa shape index (κ2) is 9.69. The van der Waals surface area contributed by atoms with Crippen molar-refractivity contribution in [1.29, 1.82) is 0 Å². The first-order valence-corrected chi connectivity index (χ1v) is 9.98. The number of likely N-dealkylation sites (tertiary alicyclic amines) is 1. The Morgan fingerprint density at radius 1 is 0.964 bits per heavy atom. The number of ether oxygens (including phenoxy) is 2. The molecule has 1 amide bonds. The van der Waals surface area contributed by atoms with Crippen molar-refractivity contribution in [3.05, 3.63) is 0 Å². The standard InChI is InChI=1S/C20H37N3O5/c1-19(2,3)27-17(25)14(22)10-7-9-13(21)16(24)23-12-8-11-15(23)18(26)28-20(4,5)6/h13-15H,7-12,21-22H2,1-6H3/t13-,14?,15-/m0/s1. The number of hydrogen-bond acceptors (Lipinski definition) is 7. The van der Waals surface area contributed by atoms with Gasteiger partial charge in [0.25, 0.3) is 0 Å². The highest BCUT2D eigenvalue weighted by Crippen LogP contribution is 2.22. The minimum absolute atomic E-state index is 0.265. The van der Waals surface area contributed by atoms with Crippen LogP contribution in [-0.2, 0) is 23.9 Å². The molecular weight excluding hydrogens is 362 g/mol. The molecule has 162 valence electrons. The van der Waals surface area contributed by atoms with Crippen molar-refractivity contribution in [2.75, 3.05) is 6.54 Å². The van der Waals surface area contributed by atoms with Crippen molar-refractivity contribution in [1.82, 2.24) is 4.90 Å². The van der Waals surface area contributed by atoms with Crippen molar-refractivity contribution < 1.29 is 23.9 Å². The monoisotopic (exact) mass is 399 g/mol. The van der Waals surface area contributed by atoms with Gasteiger partial charge >= 0.3 is 11.9 Å². The highest BCUT2D eigenvalue weighted by Gasteiger charge is 2.38. The summed E-state index contributed by atoms with van der Waals surface area (Å²) in [6.07, 6.45) is 2.60. The molecule has 0 aromatic carbocycles. The number of rotatable bonds is 7. The molecular formula is C20H37N3O5. The molecule has 0 bridgehead atoms. The Morgan fingerprint density at radius 3 is 2.04 bits per heavy atom. The van der Waals surface area contributed by atoms with Crippen LogP contribution in [-0.4, -0.2) is 58.6 Å². The first-order valence-electron chi connectivity index (χ1n) is 9.98. The number of nitrogens with zero attached hydrogens (tertiary/aromatic N) is 1. The van der Waals surface area contributed by atoms with Crippen molar-refractivity contribution in [3.8, 4) is 0 Å². The number of carbonyl (C=O) groups excluding carboxylic acids is 3. The maximum atomic E-state index is 12.7. The SMILES string of the molecule is CC(C)(C)OC(=O)C(N)CCC[C@H](N)C(=O)N1CCC[C@H]1C(=O)OC(C)(C)C. The first kappa shape index (κ1) is 24.4. The summed E-state index contributed by atoms with van der Waals surface area (Å²) >= 11 is 0. The van der Waals surface area contributed by atoms with Gasteiger partial charge in [0.1, 0.15) is 23.3 Å². The van der Waals surface area contributed by atoms with Crippen LogP contribution in [0, 0.1) is 0 Å². The normalized spacial score (nSPS) is 19.9. The molecule has 0 aromatic rings. The topological polar surface area (TPSA) is 125 Å². The lowest BCUT2D eigenvalue weighted by Crippen LogP contribution is -2.49. The van der Waals surface area contributed by atoms with Gasteiger partial charge in [-0.3, -0.25) is 9.59 Å². The Bertz CT molecular complexity index is 565. The van der Waals surface area contributed by atoms with Gasteiger partial charge in [-0.05, 0) is 73.6 Å². The molecule has 1 fully saturated rings. The lowest BCUT2D eigenvalue weighted by Gasteiger charge is -2.29. The predicted octanol–water partition coefficient (Wildman–Crippen LogP) is 1.49.